The van der Waals surface area contributed by atoms with E-state index in [0.29, 0.717) is 11.7 Å². The van der Waals surface area contributed by atoms with Gasteiger partial charge < -0.3 is 0 Å². The summed E-state index contributed by atoms with van der Waals surface area (Å²) in [5.41, 5.74) is 0. The van der Waals surface area contributed by atoms with Crippen LogP contribution in [-0.4, -0.2) is 11.0 Å². The molecular weight excluding hydrogens is 154 g/mol. The van der Waals surface area contributed by atoms with Crippen LogP contribution in [-0.2, 0) is 0 Å². The van der Waals surface area contributed by atoms with Crippen LogP contribution in [0.3, 0.4) is 0 Å². The quantitative estimate of drug-likeness (QED) is 0.572. The smallest absolute Gasteiger partial charge is 0.0633 e. The number of unbranched alkanes of at least 4 members (excludes halogenated alkanes) is 1. The van der Waals surface area contributed by atoms with Gasteiger partial charge in [-0.05, 0) is 25.0 Å². The van der Waals surface area contributed by atoms with E-state index in [1.165, 1.54) is 0 Å². The van der Waals surface area contributed by atoms with Crippen LogP contribution < -0.4 is 0 Å². The van der Waals surface area contributed by atoms with Crippen molar-refractivity contribution in [3.8, 4) is 6.07 Å². The number of rotatable bonds is 6. The van der Waals surface area contributed by atoms with E-state index in [4.69, 9.17) is 5.26 Å². The van der Waals surface area contributed by atoms with Crippen molar-refractivity contribution in [3.05, 3.63) is 6.42 Å². The molecule has 0 aliphatic carbocycles. The summed E-state index contributed by atoms with van der Waals surface area (Å²) in [4.78, 5) is 0. The molecule has 1 atom stereocenters. The number of thioether (sulfide) groups is 1. The zero-order chi connectivity index (χ0) is 8.53. The van der Waals surface area contributed by atoms with Crippen molar-refractivity contribution in [2.75, 3.05) is 5.75 Å². The Morgan fingerprint density at radius 2 is 2.36 bits per heavy atom. The molecule has 2 heteroatoms. The van der Waals surface area contributed by atoms with Gasteiger partial charge in [-0.1, -0.05) is 13.8 Å². The van der Waals surface area contributed by atoms with Gasteiger partial charge in [0.15, 0.2) is 0 Å². The lowest BCUT2D eigenvalue weighted by Crippen LogP contribution is -2.00. The largest absolute Gasteiger partial charge is 0.198 e. The van der Waals surface area contributed by atoms with E-state index < -0.39 is 0 Å². The molecule has 0 aliphatic heterocycles. The summed E-state index contributed by atoms with van der Waals surface area (Å²) in [6, 6.07) is 2.21. The van der Waals surface area contributed by atoms with Gasteiger partial charge in [-0.3, -0.25) is 0 Å². The number of hydrogen-bond acceptors (Lipinski definition) is 2. The highest BCUT2D eigenvalue weighted by molar-refractivity contribution is 7.99. The topological polar surface area (TPSA) is 23.8 Å². The molecule has 0 saturated heterocycles. The standard InChI is InChI=1S/C9H16NS/c1-3-5-8-11-9(4-2)6-7-10/h3,9H,4-6,8H2,1-2H3. The van der Waals surface area contributed by atoms with E-state index in [0.717, 1.165) is 18.6 Å². The van der Waals surface area contributed by atoms with Crippen LogP contribution in [0.2, 0.25) is 0 Å². The van der Waals surface area contributed by atoms with Crippen molar-refractivity contribution in [2.24, 2.45) is 0 Å². The molecule has 0 aliphatic rings. The first-order valence-electron chi connectivity index (χ1n) is 4.11. The first-order valence-corrected chi connectivity index (χ1v) is 5.16. The zero-order valence-corrected chi connectivity index (χ0v) is 8.16. The third-order valence-corrected chi connectivity index (χ3v) is 2.98. The minimum absolute atomic E-state index is 0.556. The van der Waals surface area contributed by atoms with Crippen LogP contribution in [0.15, 0.2) is 0 Å². The third-order valence-electron chi connectivity index (χ3n) is 1.53. The maximum absolute atomic E-state index is 8.45. The minimum atomic E-state index is 0.556. The Morgan fingerprint density at radius 1 is 1.64 bits per heavy atom. The maximum atomic E-state index is 8.45. The van der Waals surface area contributed by atoms with E-state index in [2.05, 4.69) is 26.3 Å². The van der Waals surface area contributed by atoms with Crippen molar-refractivity contribution in [1.82, 2.24) is 0 Å². The summed E-state index contributed by atoms with van der Waals surface area (Å²) in [5, 5.41) is 9.01. The fourth-order valence-corrected chi connectivity index (χ4v) is 1.91. The van der Waals surface area contributed by atoms with Crippen LogP contribution in [0, 0.1) is 17.8 Å². The Labute approximate surface area is 74.2 Å². The van der Waals surface area contributed by atoms with Crippen LogP contribution in [0.4, 0.5) is 0 Å². The summed E-state index contributed by atoms with van der Waals surface area (Å²) in [5.74, 6) is 1.16. The molecule has 0 rings (SSSR count). The van der Waals surface area contributed by atoms with Crippen LogP contribution in [0.5, 0.6) is 0 Å². The third kappa shape index (κ3) is 6.25. The highest BCUT2D eigenvalue weighted by atomic mass is 32.2. The second-order valence-corrected chi connectivity index (χ2v) is 3.87. The zero-order valence-electron chi connectivity index (χ0n) is 7.34. The molecule has 1 radical (unpaired) electrons. The van der Waals surface area contributed by atoms with Gasteiger partial charge in [-0.2, -0.15) is 17.0 Å². The van der Waals surface area contributed by atoms with Gasteiger partial charge in [0, 0.05) is 11.7 Å². The Balaban J connectivity index is 3.30. The fourth-order valence-electron chi connectivity index (χ4n) is 0.775. The minimum Gasteiger partial charge on any atom is -0.198 e. The Morgan fingerprint density at radius 3 is 2.82 bits per heavy atom. The number of nitriles is 1. The van der Waals surface area contributed by atoms with E-state index in [9.17, 15) is 0 Å². The summed E-state index contributed by atoms with van der Waals surface area (Å²) in [7, 11) is 0. The van der Waals surface area contributed by atoms with Gasteiger partial charge in [0.2, 0.25) is 0 Å². The average molecular weight is 170 g/mol. The Kier molecular flexibility index (Phi) is 7.83. The van der Waals surface area contributed by atoms with Crippen molar-refractivity contribution in [3.63, 3.8) is 0 Å². The van der Waals surface area contributed by atoms with E-state index in [1.54, 1.807) is 0 Å². The lowest BCUT2D eigenvalue weighted by Gasteiger charge is -2.08. The summed E-state index contributed by atoms with van der Waals surface area (Å²) in [6.45, 7) is 4.22. The normalized spacial score (nSPS) is 12.5. The molecule has 0 N–H and O–H groups in total. The number of hydrogen-bond donors (Lipinski definition) is 0. The molecule has 0 amide bonds. The summed E-state index contributed by atoms with van der Waals surface area (Å²) >= 11 is 1.92. The molecule has 63 valence electrons. The molecule has 1 unspecified atom stereocenters. The Bertz CT molecular complexity index is 117. The fraction of sp³-hybridized carbons (Fsp3) is 0.778. The second-order valence-electron chi connectivity index (χ2n) is 2.46. The van der Waals surface area contributed by atoms with E-state index >= 15 is 0 Å². The maximum Gasteiger partial charge on any atom is 0.0633 e. The molecule has 0 saturated carbocycles. The van der Waals surface area contributed by atoms with Crippen LogP contribution >= 0.6 is 11.8 Å². The molecule has 11 heavy (non-hydrogen) atoms. The van der Waals surface area contributed by atoms with Gasteiger partial charge in [-0.25, -0.2) is 0 Å². The van der Waals surface area contributed by atoms with Crippen molar-refractivity contribution < 1.29 is 0 Å². The lowest BCUT2D eigenvalue weighted by molar-refractivity contribution is 0.841. The first kappa shape index (κ1) is 10.8. The molecule has 0 aromatic rings. The van der Waals surface area contributed by atoms with Crippen molar-refractivity contribution in [2.45, 2.75) is 38.4 Å². The number of nitrogens with zero attached hydrogens (tertiary/aromatic N) is 1. The van der Waals surface area contributed by atoms with Gasteiger partial charge in [0.25, 0.3) is 0 Å². The molecule has 1 nitrogen and oxygen atoms in total. The Hall–Kier alpha value is -0.160. The lowest BCUT2D eigenvalue weighted by atomic mass is 10.3. The van der Waals surface area contributed by atoms with Gasteiger partial charge >= 0.3 is 0 Å². The molecule has 0 bridgehead atoms. The van der Waals surface area contributed by atoms with Gasteiger partial charge in [0.1, 0.15) is 0 Å². The monoisotopic (exact) mass is 170 g/mol. The predicted octanol–water partition coefficient (Wildman–Crippen LogP) is 3.03. The second kappa shape index (κ2) is 7.94. The summed E-state index contributed by atoms with van der Waals surface area (Å²) in [6.07, 6.45) is 5.14. The van der Waals surface area contributed by atoms with Crippen molar-refractivity contribution in [1.29, 1.82) is 5.26 Å². The molecule has 0 fully saturated rings. The van der Waals surface area contributed by atoms with Crippen molar-refractivity contribution >= 4 is 11.8 Å². The van der Waals surface area contributed by atoms with E-state index in [1.807, 2.05) is 11.8 Å². The van der Waals surface area contributed by atoms with Gasteiger partial charge in [0.05, 0.1) is 6.07 Å². The molecule has 0 aromatic carbocycles. The van der Waals surface area contributed by atoms with Crippen LogP contribution in [0.25, 0.3) is 0 Å². The molecule has 0 aromatic heterocycles. The first-order chi connectivity index (χ1) is 5.35. The average Bonchev–Trinajstić information content (AvgIpc) is 2.03. The van der Waals surface area contributed by atoms with Crippen LogP contribution in [0.1, 0.15) is 33.1 Å². The van der Waals surface area contributed by atoms with E-state index in [-0.39, 0.29) is 0 Å². The SMILES string of the molecule is C[CH]CCSC(CC)CC#N. The highest BCUT2D eigenvalue weighted by Gasteiger charge is 2.04. The highest BCUT2D eigenvalue weighted by Crippen LogP contribution is 2.18. The summed E-state index contributed by atoms with van der Waals surface area (Å²) < 4.78 is 0. The van der Waals surface area contributed by atoms with Gasteiger partial charge in [-0.15, -0.1) is 0 Å². The predicted molar refractivity (Wildman–Crippen MR) is 51.4 cm³/mol. The molecule has 0 heterocycles. The molecule has 0 spiro atoms. The molecular formula is C9H16NS.